The lowest BCUT2D eigenvalue weighted by atomic mass is 10.0. The summed E-state index contributed by atoms with van der Waals surface area (Å²) in [5.41, 5.74) is 1.95. The third-order valence-electron chi connectivity index (χ3n) is 5.16. The van der Waals surface area contributed by atoms with E-state index >= 15 is 0 Å². The monoisotopic (exact) mass is 391 g/mol. The molecule has 4 aromatic rings. The van der Waals surface area contributed by atoms with Crippen LogP contribution in [0.1, 0.15) is 30.0 Å². The predicted molar refractivity (Wildman–Crippen MR) is 101 cm³/mol. The van der Waals surface area contributed by atoms with Crippen LogP contribution in [0.3, 0.4) is 0 Å². The molecule has 0 radical (unpaired) electrons. The van der Waals surface area contributed by atoms with E-state index in [1.807, 2.05) is 17.0 Å². The zero-order chi connectivity index (χ0) is 20.0. The minimum absolute atomic E-state index is 0.290. The van der Waals surface area contributed by atoms with Gasteiger partial charge in [0.15, 0.2) is 5.65 Å². The first kappa shape index (κ1) is 17.3. The molecule has 29 heavy (non-hydrogen) atoms. The Labute approximate surface area is 164 Å². The molecule has 0 N–H and O–H groups in total. The van der Waals surface area contributed by atoms with Crippen LogP contribution in [-0.4, -0.2) is 30.9 Å². The number of nitriles is 1. The lowest BCUT2D eigenvalue weighted by Gasteiger charge is -2.26. The Morgan fingerprint density at radius 1 is 1.14 bits per heavy atom. The summed E-state index contributed by atoms with van der Waals surface area (Å²) in [7, 11) is 0. The molecule has 3 aromatic heterocycles. The number of halogens is 2. The largest absolute Gasteiger partial charge is 0.349 e. The minimum Gasteiger partial charge on any atom is -0.349 e. The van der Waals surface area contributed by atoms with E-state index in [0.29, 0.717) is 41.2 Å². The summed E-state index contributed by atoms with van der Waals surface area (Å²) >= 11 is 0. The Morgan fingerprint density at radius 3 is 2.86 bits per heavy atom. The Balaban J connectivity index is 1.57. The summed E-state index contributed by atoms with van der Waals surface area (Å²) in [6.45, 7) is 0.688. The van der Waals surface area contributed by atoms with Crippen LogP contribution in [0.5, 0.6) is 0 Å². The van der Waals surface area contributed by atoms with E-state index in [2.05, 4.69) is 10.2 Å². The first-order valence-electron chi connectivity index (χ1n) is 9.15. The van der Waals surface area contributed by atoms with Gasteiger partial charge in [-0.15, -0.1) is 0 Å². The lowest BCUT2D eigenvalue weighted by Crippen LogP contribution is -2.24. The highest BCUT2D eigenvalue weighted by atomic mass is 19.1. The van der Waals surface area contributed by atoms with Gasteiger partial charge in [-0.1, -0.05) is 0 Å². The van der Waals surface area contributed by atoms with E-state index in [9.17, 15) is 8.78 Å². The second-order valence-corrected chi connectivity index (χ2v) is 6.89. The van der Waals surface area contributed by atoms with Gasteiger partial charge in [0.25, 0.3) is 0 Å². The first-order chi connectivity index (χ1) is 14.1. The number of rotatable bonds is 3. The number of hydrogen-bond acceptors (Lipinski definition) is 5. The summed E-state index contributed by atoms with van der Waals surface area (Å²) in [6, 6.07) is 7.11. The maximum absolute atomic E-state index is 14.4. The van der Waals surface area contributed by atoms with Crippen molar-refractivity contribution in [3.05, 3.63) is 71.8 Å². The molecular weight excluding hydrogens is 376 g/mol. The second kappa shape index (κ2) is 6.67. The minimum atomic E-state index is -0.457. The third-order valence-corrected chi connectivity index (χ3v) is 5.16. The van der Waals surface area contributed by atoms with Gasteiger partial charge in [-0.05, 0) is 37.1 Å². The van der Waals surface area contributed by atoms with Crippen molar-refractivity contribution < 1.29 is 8.78 Å². The molecule has 144 valence electrons. The van der Waals surface area contributed by atoms with Gasteiger partial charge in [0.2, 0.25) is 0 Å². The van der Waals surface area contributed by atoms with Crippen LogP contribution in [0.15, 0.2) is 49.1 Å². The average Bonchev–Trinajstić information content (AvgIpc) is 3.47. The molecule has 0 amide bonds. The van der Waals surface area contributed by atoms with Crippen molar-refractivity contribution in [3.63, 3.8) is 0 Å². The fourth-order valence-corrected chi connectivity index (χ4v) is 3.82. The van der Waals surface area contributed by atoms with Crippen LogP contribution >= 0.6 is 0 Å². The maximum atomic E-state index is 14.4. The normalized spacial score (nSPS) is 16.4. The summed E-state index contributed by atoms with van der Waals surface area (Å²) < 4.78 is 31.3. The highest BCUT2D eigenvalue weighted by Gasteiger charge is 2.30. The summed E-state index contributed by atoms with van der Waals surface area (Å²) in [5, 5.41) is 17.5. The van der Waals surface area contributed by atoms with Gasteiger partial charge in [-0.25, -0.2) is 23.0 Å². The molecule has 5 rings (SSSR count). The molecule has 0 aliphatic carbocycles. The molecule has 7 nitrogen and oxygen atoms in total. The van der Waals surface area contributed by atoms with Crippen molar-refractivity contribution in [1.29, 1.82) is 5.26 Å². The highest BCUT2D eigenvalue weighted by molar-refractivity contribution is 5.61. The smallest absolute Gasteiger partial charge is 0.183 e. The number of aromatic nitrogens is 5. The molecule has 1 fully saturated rings. The van der Waals surface area contributed by atoms with Crippen LogP contribution in [0.25, 0.3) is 11.3 Å². The number of nitrogens with zero attached hydrogens (tertiary/aromatic N) is 7. The van der Waals surface area contributed by atoms with Gasteiger partial charge in [-0.3, -0.25) is 0 Å². The van der Waals surface area contributed by atoms with Gasteiger partial charge < -0.3 is 4.90 Å². The van der Waals surface area contributed by atoms with Crippen LogP contribution in [-0.2, 0) is 0 Å². The number of anilines is 1. The molecule has 0 bridgehead atoms. The highest BCUT2D eigenvalue weighted by Crippen LogP contribution is 2.37. The van der Waals surface area contributed by atoms with Crippen LogP contribution in [0.4, 0.5) is 14.6 Å². The van der Waals surface area contributed by atoms with Gasteiger partial charge >= 0.3 is 0 Å². The molecule has 0 saturated carbocycles. The number of benzene rings is 1. The Bertz CT molecular complexity index is 1250. The Kier molecular flexibility index (Phi) is 3.98. The fraction of sp³-hybridized carbons (Fsp3) is 0.200. The molecule has 1 aromatic carbocycles. The van der Waals surface area contributed by atoms with Crippen LogP contribution < -0.4 is 4.90 Å². The predicted octanol–water partition coefficient (Wildman–Crippen LogP) is 3.41. The SMILES string of the molecule is N#Cc1cnn(-c2cnn3ccc(N4CCC[C@@H]4c4cc(F)ccc4F)nc23)c1. The van der Waals surface area contributed by atoms with E-state index in [1.54, 1.807) is 27.8 Å². The van der Waals surface area contributed by atoms with E-state index in [-0.39, 0.29) is 6.04 Å². The van der Waals surface area contributed by atoms with Crippen molar-refractivity contribution in [2.75, 3.05) is 11.4 Å². The molecular formula is C20H15F2N7. The third kappa shape index (κ3) is 2.89. The number of fused-ring (bicyclic) bond motifs is 1. The van der Waals surface area contributed by atoms with Crippen molar-refractivity contribution in [2.45, 2.75) is 18.9 Å². The summed E-state index contributed by atoms with van der Waals surface area (Å²) in [4.78, 5) is 6.71. The molecule has 0 spiro atoms. The van der Waals surface area contributed by atoms with Gasteiger partial charge in [0.1, 0.15) is 29.2 Å². The standard InChI is InChI=1S/C20H15F2N7/c21-14-3-4-16(22)15(8-14)17-2-1-6-27(17)19-5-7-28-20(26-19)18(11-25-28)29-12-13(9-23)10-24-29/h3-5,7-8,10-12,17H,1-2,6H2/t17-/m1/s1. The van der Waals surface area contributed by atoms with Crippen molar-refractivity contribution in [1.82, 2.24) is 24.4 Å². The summed E-state index contributed by atoms with van der Waals surface area (Å²) in [5.74, 6) is -0.227. The topological polar surface area (TPSA) is 75.0 Å². The zero-order valence-electron chi connectivity index (χ0n) is 15.2. The molecule has 1 aliphatic heterocycles. The van der Waals surface area contributed by atoms with Gasteiger partial charge in [0, 0.05) is 24.5 Å². The molecule has 9 heteroatoms. The van der Waals surface area contributed by atoms with Crippen molar-refractivity contribution >= 4 is 11.5 Å². The van der Waals surface area contributed by atoms with E-state index in [4.69, 9.17) is 10.2 Å². The van der Waals surface area contributed by atoms with Crippen LogP contribution in [0, 0.1) is 23.0 Å². The first-order valence-corrected chi connectivity index (χ1v) is 9.15. The van der Waals surface area contributed by atoms with Crippen molar-refractivity contribution in [2.24, 2.45) is 0 Å². The maximum Gasteiger partial charge on any atom is 0.183 e. The second-order valence-electron chi connectivity index (χ2n) is 6.89. The Morgan fingerprint density at radius 2 is 2.03 bits per heavy atom. The van der Waals surface area contributed by atoms with Gasteiger partial charge in [0.05, 0.1) is 24.0 Å². The Hall–Kier alpha value is -3.80. The zero-order valence-corrected chi connectivity index (χ0v) is 15.2. The molecule has 1 saturated heterocycles. The molecule has 1 atom stereocenters. The molecule has 4 heterocycles. The number of hydrogen-bond donors (Lipinski definition) is 0. The van der Waals surface area contributed by atoms with E-state index in [1.165, 1.54) is 12.3 Å². The van der Waals surface area contributed by atoms with Gasteiger partial charge in [-0.2, -0.15) is 15.5 Å². The molecule has 1 aliphatic rings. The average molecular weight is 391 g/mol. The molecule has 0 unspecified atom stereocenters. The lowest BCUT2D eigenvalue weighted by molar-refractivity contribution is 0.560. The van der Waals surface area contributed by atoms with E-state index in [0.717, 1.165) is 18.6 Å². The van der Waals surface area contributed by atoms with E-state index < -0.39 is 11.6 Å². The van der Waals surface area contributed by atoms with Crippen LogP contribution in [0.2, 0.25) is 0 Å². The fourth-order valence-electron chi connectivity index (χ4n) is 3.82. The quantitative estimate of drug-likeness (QED) is 0.535. The summed E-state index contributed by atoms with van der Waals surface area (Å²) in [6.07, 6.45) is 8.03. The van der Waals surface area contributed by atoms with Crippen molar-refractivity contribution in [3.8, 4) is 11.8 Å².